The van der Waals surface area contributed by atoms with Gasteiger partial charge in [0, 0.05) is 23.1 Å². The summed E-state index contributed by atoms with van der Waals surface area (Å²) in [6.45, 7) is 4.87. The van der Waals surface area contributed by atoms with E-state index < -0.39 is 0 Å². The third-order valence-electron chi connectivity index (χ3n) is 2.33. The Bertz CT molecular complexity index is 436. The van der Waals surface area contributed by atoms with E-state index in [1.807, 2.05) is 12.1 Å². The molecular formula is C13H18Cl2IN3. The van der Waals surface area contributed by atoms with Crippen LogP contribution in [-0.4, -0.2) is 19.0 Å². The van der Waals surface area contributed by atoms with E-state index in [1.54, 1.807) is 12.1 Å². The Balaban J connectivity index is 0.00000324. The summed E-state index contributed by atoms with van der Waals surface area (Å²) in [6, 6.07) is 5.53. The minimum absolute atomic E-state index is 0. The zero-order chi connectivity index (χ0) is 13.4. The molecule has 0 aliphatic carbocycles. The normalized spacial score (nSPS) is 10.7. The van der Waals surface area contributed by atoms with E-state index in [1.165, 1.54) is 0 Å². The van der Waals surface area contributed by atoms with Gasteiger partial charge in [0.25, 0.3) is 0 Å². The van der Waals surface area contributed by atoms with Crippen LogP contribution in [0.3, 0.4) is 0 Å². The minimum Gasteiger partial charge on any atom is -0.370 e. The summed E-state index contributed by atoms with van der Waals surface area (Å²) < 4.78 is 0. The van der Waals surface area contributed by atoms with Crippen LogP contribution >= 0.6 is 47.2 Å². The average molecular weight is 414 g/mol. The van der Waals surface area contributed by atoms with Gasteiger partial charge in [0.05, 0.1) is 0 Å². The molecule has 3 nitrogen and oxygen atoms in total. The van der Waals surface area contributed by atoms with Gasteiger partial charge in [-0.15, -0.1) is 30.6 Å². The molecule has 0 heterocycles. The zero-order valence-corrected chi connectivity index (χ0v) is 14.4. The van der Waals surface area contributed by atoms with Crippen molar-refractivity contribution < 1.29 is 0 Å². The molecule has 0 aliphatic rings. The molecule has 0 bridgehead atoms. The van der Waals surface area contributed by atoms with Gasteiger partial charge < -0.3 is 11.1 Å². The molecule has 0 saturated heterocycles. The molecule has 1 aromatic carbocycles. The number of guanidine groups is 1. The van der Waals surface area contributed by atoms with Crippen molar-refractivity contribution >= 4 is 53.1 Å². The van der Waals surface area contributed by atoms with Crippen LogP contribution in [0.5, 0.6) is 0 Å². The lowest BCUT2D eigenvalue weighted by Gasteiger charge is -2.04. The van der Waals surface area contributed by atoms with Crippen LogP contribution in [-0.2, 0) is 6.42 Å². The summed E-state index contributed by atoms with van der Waals surface area (Å²) in [4.78, 5) is 4.19. The first-order chi connectivity index (χ1) is 8.63. The molecule has 1 rings (SSSR count). The molecule has 0 aliphatic heterocycles. The van der Waals surface area contributed by atoms with E-state index in [2.05, 4.69) is 16.9 Å². The van der Waals surface area contributed by atoms with Crippen LogP contribution < -0.4 is 11.1 Å². The summed E-state index contributed by atoms with van der Waals surface area (Å²) in [5.74, 6) is 0.442. The summed E-state index contributed by atoms with van der Waals surface area (Å²) in [7, 11) is 0. The predicted octanol–water partition coefficient (Wildman–Crippen LogP) is 3.63. The molecule has 0 fully saturated rings. The number of rotatable bonds is 6. The third kappa shape index (κ3) is 7.64. The number of halogens is 3. The summed E-state index contributed by atoms with van der Waals surface area (Å²) >= 11 is 11.9. The van der Waals surface area contributed by atoms with Crippen molar-refractivity contribution in [2.24, 2.45) is 10.7 Å². The van der Waals surface area contributed by atoms with E-state index in [4.69, 9.17) is 28.9 Å². The number of hydrogen-bond acceptors (Lipinski definition) is 1. The Hall–Kier alpha value is -0.460. The van der Waals surface area contributed by atoms with Crippen molar-refractivity contribution in [1.82, 2.24) is 5.32 Å². The number of benzene rings is 1. The fourth-order valence-electron chi connectivity index (χ4n) is 1.43. The van der Waals surface area contributed by atoms with Crippen LogP contribution in [0.1, 0.15) is 12.0 Å². The topological polar surface area (TPSA) is 50.4 Å². The molecule has 106 valence electrons. The standard InChI is InChI=1S/C13H17Cl2N3.HI/c1-2-7-17-13(16)18-8-3-4-10-5-6-11(14)9-12(10)15;/h2,5-6,9H,1,3-4,7-8H2,(H3,16,17,18);1H. The fourth-order valence-corrected chi connectivity index (χ4v) is 1.93. The number of hydrogen-bond donors (Lipinski definition) is 2. The minimum atomic E-state index is 0. The van der Waals surface area contributed by atoms with Gasteiger partial charge in [-0.1, -0.05) is 35.3 Å². The first-order valence-corrected chi connectivity index (χ1v) is 6.47. The number of nitrogens with one attached hydrogen (secondary N) is 1. The highest BCUT2D eigenvalue weighted by atomic mass is 127. The molecule has 0 atom stereocenters. The Morgan fingerprint density at radius 2 is 2.16 bits per heavy atom. The molecule has 0 amide bonds. The number of nitrogens with zero attached hydrogens (tertiary/aromatic N) is 1. The Morgan fingerprint density at radius 3 is 2.79 bits per heavy atom. The molecule has 1 aromatic rings. The molecular weight excluding hydrogens is 396 g/mol. The van der Waals surface area contributed by atoms with E-state index in [9.17, 15) is 0 Å². The SMILES string of the molecule is C=CCNC(N)=NCCCc1ccc(Cl)cc1Cl.I. The zero-order valence-electron chi connectivity index (χ0n) is 10.5. The average Bonchev–Trinajstić information content (AvgIpc) is 2.34. The highest BCUT2D eigenvalue weighted by Gasteiger charge is 2.00. The van der Waals surface area contributed by atoms with Crippen molar-refractivity contribution in [1.29, 1.82) is 0 Å². The Morgan fingerprint density at radius 1 is 1.42 bits per heavy atom. The maximum atomic E-state index is 6.07. The Kier molecular flexibility index (Phi) is 10.1. The van der Waals surface area contributed by atoms with Gasteiger partial charge in [0.15, 0.2) is 5.96 Å². The van der Waals surface area contributed by atoms with Gasteiger partial charge in [-0.2, -0.15) is 0 Å². The number of aryl methyl sites for hydroxylation is 1. The number of aliphatic imine (C=N–C) groups is 1. The molecule has 0 spiro atoms. The fraction of sp³-hybridized carbons (Fsp3) is 0.308. The highest BCUT2D eigenvalue weighted by molar-refractivity contribution is 14.0. The second-order valence-corrected chi connectivity index (χ2v) is 4.62. The van der Waals surface area contributed by atoms with Crippen molar-refractivity contribution in [2.45, 2.75) is 12.8 Å². The predicted molar refractivity (Wildman–Crippen MR) is 94.9 cm³/mol. The van der Waals surface area contributed by atoms with Gasteiger partial charge in [0.1, 0.15) is 0 Å². The summed E-state index contributed by atoms with van der Waals surface area (Å²) in [5, 5.41) is 4.27. The monoisotopic (exact) mass is 413 g/mol. The van der Waals surface area contributed by atoms with Crippen molar-refractivity contribution in [3.63, 3.8) is 0 Å². The first-order valence-electron chi connectivity index (χ1n) is 5.72. The van der Waals surface area contributed by atoms with Gasteiger partial charge in [-0.3, -0.25) is 4.99 Å². The molecule has 3 N–H and O–H groups in total. The molecule has 19 heavy (non-hydrogen) atoms. The second kappa shape index (κ2) is 10.3. The molecule has 6 heteroatoms. The molecule has 0 aromatic heterocycles. The number of nitrogens with two attached hydrogens (primary N) is 1. The van der Waals surface area contributed by atoms with Crippen LogP contribution in [0.15, 0.2) is 35.8 Å². The van der Waals surface area contributed by atoms with Crippen LogP contribution in [0.2, 0.25) is 10.0 Å². The van der Waals surface area contributed by atoms with Gasteiger partial charge in [0.2, 0.25) is 0 Å². The van der Waals surface area contributed by atoms with Crippen molar-refractivity contribution in [2.75, 3.05) is 13.1 Å². The lowest BCUT2D eigenvalue weighted by Crippen LogP contribution is -2.31. The maximum Gasteiger partial charge on any atom is 0.188 e. The van der Waals surface area contributed by atoms with E-state index in [0.29, 0.717) is 29.1 Å². The molecule has 0 saturated carbocycles. The Labute approximate surface area is 141 Å². The largest absolute Gasteiger partial charge is 0.370 e. The smallest absolute Gasteiger partial charge is 0.188 e. The summed E-state index contributed by atoms with van der Waals surface area (Å²) in [5.41, 5.74) is 6.71. The third-order valence-corrected chi connectivity index (χ3v) is 2.92. The van der Waals surface area contributed by atoms with Crippen molar-refractivity contribution in [3.8, 4) is 0 Å². The summed E-state index contributed by atoms with van der Waals surface area (Å²) in [6.07, 6.45) is 3.47. The highest BCUT2D eigenvalue weighted by Crippen LogP contribution is 2.21. The van der Waals surface area contributed by atoms with E-state index in [0.717, 1.165) is 18.4 Å². The van der Waals surface area contributed by atoms with Crippen LogP contribution in [0, 0.1) is 0 Å². The van der Waals surface area contributed by atoms with E-state index >= 15 is 0 Å². The molecule has 0 unspecified atom stereocenters. The van der Waals surface area contributed by atoms with Crippen molar-refractivity contribution in [3.05, 3.63) is 46.5 Å². The molecule has 0 radical (unpaired) electrons. The van der Waals surface area contributed by atoms with Gasteiger partial charge in [-0.25, -0.2) is 0 Å². The second-order valence-electron chi connectivity index (χ2n) is 3.78. The van der Waals surface area contributed by atoms with E-state index in [-0.39, 0.29) is 24.0 Å². The lowest BCUT2D eigenvalue weighted by atomic mass is 10.1. The van der Waals surface area contributed by atoms with Gasteiger partial charge in [-0.05, 0) is 30.5 Å². The lowest BCUT2D eigenvalue weighted by molar-refractivity contribution is 0.824. The van der Waals surface area contributed by atoms with Crippen LogP contribution in [0.4, 0.5) is 0 Å². The quantitative estimate of drug-likeness (QED) is 0.246. The van der Waals surface area contributed by atoms with Gasteiger partial charge >= 0.3 is 0 Å². The maximum absolute atomic E-state index is 6.07. The first kappa shape index (κ1) is 18.5. The van der Waals surface area contributed by atoms with Crippen LogP contribution in [0.25, 0.3) is 0 Å².